The van der Waals surface area contributed by atoms with Crippen molar-refractivity contribution in [2.24, 2.45) is 5.92 Å². The van der Waals surface area contributed by atoms with Gasteiger partial charge >= 0.3 is 6.09 Å². The molecule has 100 valence electrons. The molecule has 0 aliphatic heterocycles. The van der Waals surface area contributed by atoms with Crippen LogP contribution in [0.5, 0.6) is 5.88 Å². The largest absolute Gasteiger partial charge is 0.477 e. The Balaban J connectivity index is 1.82. The molecule has 1 aliphatic rings. The van der Waals surface area contributed by atoms with Crippen LogP contribution in [0.15, 0.2) is 12.3 Å². The quantitative estimate of drug-likeness (QED) is 0.826. The van der Waals surface area contributed by atoms with Crippen LogP contribution in [0.25, 0.3) is 0 Å². The van der Waals surface area contributed by atoms with E-state index < -0.39 is 11.7 Å². The van der Waals surface area contributed by atoms with Crippen molar-refractivity contribution < 1.29 is 14.3 Å². The van der Waals surface area contributed by atoms with Gasteiger partial charge in [-0.05, 0) is 33.1 Å². The highest BCUT2D eigenvalue weighted by molar-refractivity contribution is 5.69. The highest BCUT2D eigenvalue weighted by Crippen LogP contribution is 2.32. The SMILES string of the molecule is CC(C)(C)OC(=O)n1ccc(OCCC2CC2)n1. The summed E-state index contributed by atoms with van der Waals surface area (Å²) in [5.74, 6) is 1.31. The molecule has 0 atom stereocenters. The minimum absolute atomic E-state index is 0.474. The zero-order valence-electron chi connectivity index (χ0n) is 11.2. The Hall–Kier alpha value is -1.52. The number of hydrogen-bond donors (Lipinski definition) is 0. The van der Waals surface area contributed by atoms with Gasteiger partial charge in [0, 0.05) is 12.3 Å². The van der Waals surface area contributed by atoms with Gasteiger partial charge in [-0.15, -0.1) is 5.10 Å². The van der Waals surface area contributed by atoms with Gasteiger partial charge in [-0.2, -0.15) is 4.68 Å². The first-order valence-electron chi connectivity index (χ1n) is 6.36. The minimum atomic E-state index is -0.518. The van der Waals surface area contributed by atoms with Crippen LogP contribution in [0.2, 0.25) is 0 Å². The fourth-order valence-electron chi connectivity index (χ4n) is 1.53. The Kier molecular flexibility index (Phi) is 3.59. The Morgan fingerprint density at radius 1 is 1.50 bits per heavy atom. The summed E-state index contributed by atoms with van der Waals surface area (Å²) in [7, 11) is 0. The lowest BCUT2D eigenvalue weighted by molar-refractivity contribution is 0.0511. The van der Waals surface area contributed by atoms with E-state index in [9.17, 15) is 4.79 Å². The first-order valence-corrected chi connectivity index (χ1v) is 6.36. The zero-order chi connectivity index (χ0) is 13.2. The second kappa shape index (κ2) is 5.00. The molecule has 18 heavy (non-hydrogen) atoms. The number of aromatic nitrogens is 2. The predicted molar refractivity (Wildman–Crippen MR) is 66.7 cm³/mol. The summed E-state index contributed by atoms with van der Waals surface area (Å²) in [6, 6.07) is 1.68. The Morgan fingerprint density at radius 2 is 2.22 bits per heavy atom. The average Bonchev–Trinajstić information content (AvgIpc) is 2.92. The van der Waals surface area contributed by atoms with Gasteiger partial charge in [-0.25, -0.2) is 4.79 Å². The van der Waals surface area contributed by atoms with Crippen LogP contribution in [-0.4, -0.2) is 28.1 Å². The molecule has 1 fully saturated rings. The van der Waals surface area contributed by atoms with E-state index in [0.717, 1.165) is 17.0 Å². The van der Waals surface area contributed by atoms with Crippen LogP contribution in [-0.2, 0) is 4.74 Å². The van der Waals surface area contributed by atoms with Crippen LogP contribution in [0, 0.1) is 5.92 Å². The lowest BCUT2D eigenvalue weighted by atomic mass is 10.2. The van der Waals surface area contributed by atoms with E-state index in [1.165, 1.54) is 12.8 Å². The van der Waals surface area contributed by atoms with Gasteiger partial charge in [0.25, 0.3) is 0 Å². The number of nitrogens with zero attached hydrogens (tertiary/aromatic N) is 2. The molecule has 5 nitrogen and oxygen atoms in total. The molecule has 0 saturated heterocycles. The van der Waals surface area contributed by atoms with E-state index in [-0.39, 0.29) is 0 Å². The molecule has 0 spiro atoms. The number of carbonyl (C=O) groups excluding carboxylic acids is 1. The molecule has 0 radical (unpaired) electrons. The molecule has 0 amide bonds. The van der Waals surface area contributed by atoms with Crippen molar-refractivity contribution in [3.63, 3.8) is 0 Å². The number of rotatable bonds is 4. The second-order valence-corrected chi connectivity index (χ2v) is 5.66. The van der Waals surface area contributed by atoms with Crippen LogP contribution in [0.3, 0.4) is 0 Å². The van der Waals surface area contributed by atoms with Crippen molar-refractivity contribution >= 4 is 6.09 Å². The molecule has 1 aromatic heterocycles. The zero-order valence-corrected chi connectivity index (χ0v) is 11.2. The van der Waals surface area contributed by atoms with Crippen molar-refractivity contribution in [2.45, 2.75) is 45.6 Å². The maximum atomic E-state index is 11.7. The molecule has 0 unspecified atom stereocenters. The monoisotopic (exact) mass is 252 g/mol. The van der Waals surface area contributed by atoms with Gasteiger partial charge in [0.05, 0.1) is 6.61 Å². The summed E-state index contributed by atoms with van der Waals surface area (Å²) >= 11 is 0. The highest BCUT2D eigenvalue weighted by atomic mass is 16.6. The summed E-state index contributed by atoms with van der Waals surface area (Å²) < 4.78 is 11.8. The van der Waals surface area contributed by atoms with Crippen molar-refractivity contribution in [3.8, 4) is 5.88 Å². The van der Waals surface area contributed by atoms with Gasteiger partial charge in [0.2, 0.25) is 5.88 Å². The van der Waals surface area contributed by atoms with Crippen molar-refractivity contribution in [1.29, 1.82) is 0 Å². The van der Waals surface area contributed by atoms with Crippen LogP contribution < -0.4 is 4.74 Å². The molecule has 1 heterocycles. The molecule has 0 bridgehead atoms. The Labute approximate surface area is 107 Å². The maximum Gasteiger partial charge on any atom is 0.435 e. The minimum Gasteiger partial charge on any atom is -0.477 e. The number of carbonyl (C=O) groups is 1. The third-order valence-electron chi connectivity index (χ3n) is 2.62. The van der Waals surface area contributed by atoms with E-state index in [4.69, 9.17) is 9.47 Å². The lowest BCUT2D eigenvalue weighted by Crippen LogP contribution is -2.27. The highest BCUT2D eigenvalue weighted by Gasteiger charge is 2.21. The Morgan fingerprint density at radius 3 is 2.83 bits per heavy atom. The average molecular weight is 252 g/mol. The normalized spacial score (nSPS) is 15.5. The summed E-state index contributed by atoms with van der Waals surface area (Å²) in [5.41, 5.74) is -0.518. The Bertz CT molecular complexity index is 416. The third-order valence-corrected chi connectivity index (χ3v) is 2.62. The second-order valence-electron chi connectivity index (χ2n) is 5.66. The van der Waals surface area contributed by atoms with E-state index >= 15 is 0 Å². The first kappa shape index (κ1) is 12.9. The van der Waals surface area contributed by atoms with Crippen LogP contribution in [0.4, 0.5) is 4.79 Å². The maximum absolute atomic E-state index is 11.7. The molecular weight excluding hydrogens is 232 g/mol. The molecule has 2 rings (SSSR count). The van der Waals surface area contributed by atoms with E-state index in [1.54, 1.807) is 12.3 Å². The summed E-state index contributed by atoms with van der Waals surface area (Å²) in [4.78, 5) is 11.7. The standard InChI is InChI=1S/C13H20N2O3/c1-13(2,3)18-12(16)15-8-6-11(14-15)17-9-7-10-4-5-10/h6,8,10H,4-5,7,9H2,1-3H3. The number of ether oxygens (including phenoxy) is 2. The van der Waals surface area contributed by atoms with E-state index in [1.807, 2.05) is 20.8 Å². The van der Waals surface area contributed by atoms with Gasteiger partial charge in [0.1, 0.15) is 5.60 Å². The molecule has 0 N–H and O–H groups in total. The smallest absolute Gasteiger partial charge is 0.435 e. The topological polar surface area (TPSA) is 53.4 Å². The fourth-order valence-corrected chi connectivity index (χ4v) is 1.53. The van der Waals surface area contributed by atoms with Crippen LogP contribution in [0.1, 0.15) is 40.0 Å². The lowest BCUT2D eigenvalue weighted by Gasteiger charge is -2.18. The third kappa shape index (κ3) is 4.05. The summed E-state index contributed by atoms with van der Waals surface area (Å²) in [6.45, 7) is 6.13. The summed E-state index contributed by atoms with van der Waals surface area (Å²) in [5, 5.41) is 4.03. The predicted octanol–water partition coefficient (Wildman–Crippen LogP) is 2.85. The van der Waals surface area contributed by atoms with Gasteiger partial charge in [-0.1, -0.05) is 12.8 Å². The molecule has 1 aliphatic carbocycles. The van der Waals surface area contributed by atoms with Gasteiger partial charge in [-0.3, -0.25) is 0 Å². The first-order chi connectivity index (χ1) is 8.44. The summed E-state index contributed by atoms with van der Waals surface area (Å²) in [6.07, 6.45) is 4.77. The molecule has 0 aromatic carbocycles. The molecule has 1 aromatic rings. The van der Waals surface area contributed by atoms with Gasteiger partial charge in [0.15, 0.2) is 0 Å². The fraction of sp³-hybridized carbons (Fsp3) is 0.692. The molecule has 1 saturated carbocycles. The van der Waals surface area contributed by atoms with Crippen LogP contribution >= 0.6 is 0 Å². The van der Waals surface area contributed by atoms with Gasteiger partial charge < -0.3 is 9.47 Å². The van der Waals surface area contributed by atoms with E-state index in [0.29, 0.717) is 12.5 Å². The molecular formula is C13H20N2O3. The van der Waals surface area contributed by atoms with Crippen molar-refractivity contribution in [2.75, 3.05) is 6.61 Å². The number of hydrogen-bond acceptors (Lipinski definition) is 4. The molecule has 5 heteroatoms. The van der Waals surface area contributed by atoms with Crippen molar-refractivity contribution in [3.05, 3.63) is 12.3 Å². The van der Waals surface area contributed by atoms with Crippen molar-refractivity contribution in [1.82, 2.24) is 9.78 Å². The van der Waals surface area contributed by atoms with E-state index in [2.05, 4.69) is 5.10 Å².